The molecule has 0 radical (unpaired) electrons. The van der Waals surface area contributed by atoms with E-state index in [0.29, 0.717) is 12.3 Å². The normalized spacial score (nSPS) is 40.0. The molecule has 2 rings (SSSR count). The first-order valence-corrected chi connectivity index (χ1v) is 5.00. The molecule has 4 heteroatoms. The van der Waals surface area contributed by atoms with Crippen molar-refractivity contribution in [1.29, 1.82) is 0 Å². The van der Waals surface area contributed by atoms with Crippen LogP contribution in [0.1, 0.15) is 32.1 Å². The molecule has 0 unspecified atom stereocenters. The first-order chi connectivity index (χ1) is 6.54. The molecule has 2 bridgehead atoms. The Morgan fingerprint density at radius 2 is 2.00 bits per heavy atom. The van der Waals surface area contributed by atoms with Gasteiger partial charge in [0.1, 0.15) is 0 Å². The van der Waals surface area contributed by atoms with Gasteiger partial charge in [-0.3, -0.25) is 9.59 Å². The fraction of sp³-hybridized carbons (Fsp3) is 0.800. The molecule has 4 nitrogen and oxygen atoms in total. The van der Waals surface area contributed by atoms with Crippen LogP contribution in [-0.4, -0.2) is 22.2 Å². The molecule has 2 saturated carbocycles. The maximum Gasteiger partial charge on any atom is 0.310 e. The summed E-state index contributed by atoms with van der Waals surface area (Å²) < 4.78 is 0. The molecule has 0 heterocycles. The molecule has 0 aromatic rings. The van der Waals surface area contributed by atoms with Crippen molar-refractivity contribution in [3.63, 3.8) is 0 Å². The molecule has 2 fully saturated rings. The second-order valence-electron chi connectivity index (χ2n) is 4.61. The van der Waals surface area contributed by atoms with Crippen molar-refractivity contribution < 1.29 is 19.8 Å². The molecule has 0 aliphatic heterocycles. The van der Waals surface area contributed by atoms with Gasteiger partial charge in [0.2, 0.25) is 0 Å². The molecular weight excluding hydrogens is 184 g/mol. The van der Waals surface area contributed by atoms with Gasteiger partial charge in [-0.1, -0.05) is 6.42 Å². The van der Waals surface area contributed by atoms with Crippen molar-refractivity contribution in [2.45, 2.75) is 32.1 Å². The van der Waals surface area contributed by atoms with Crippen LogP contribution in [0, 0.1) is 17.3 Å². The van der Waals surface area contributed by atoms with Crippen LogP contribution < -0.4 is 0 Å². The highest BCUT2D eigenvalue weighted by molar-refractivity contribution is 5.82. The van der Waals surface area contributed by atoms with Gasteiger partial charge in [0, 0.05) is 0 Å². The Bertz CT molecular complexity index is 286. The quantitative estimate of drug-likeness (QED) is 0.717. The van der Waals surface area contributed by atoms with E-state index in [0.717, 1.165) is 19.3 Å². The minimum Gasteiger partial charge on any atom is -0.481 e. The smallest absolute Gasteiger partial charge is 0.310 e. The second-order valence-corrected chi connectivity index (χ2v) is 4.61. The molecule has 2 aliphatic carbocycles. The molecule has 78 valence electrons. The van der Waals surface area contributed by atoms with Gasteiger partial charge in [-0.2, -0.15) is 0 Å². The molecule has 0 aromatic carbocycles. The summed E-state index contributed by atoms with van der Waals surface area (Å²) in [5.41, 5.74) is -0.950. The zero-order valence-electron chi connectivity index (χ0n) is 7.90. The summed E-state index contributed by atoms with van der Waals surface area (Å²) in [6, 6.07) is 0. The molecule has 3 atom stereocenters. The maximum absolute atomic E-state index is 11.2. The van der Waals surface area contributed by atoms with Crippen LogP contribution in [-0.2, 0) is 9.59 Å². The van der Waals surface area contributed by atoms with Crippen molar-refractivity contribution in [1.82, 2.24) is 0 Å². The van der Waals surface area contributed by atoms with Gasteiger partial charge in [-0.15, -0.1) is 0 Å². The summed E-state index contributed by atoms with van der Waals surface area (Å²) in [6.45, 7) is 0. The number of carboxylic acid groups (broad SMARTS) is 2. The number of rotatable bonds is 3. The summed E-state index contributed by atoms with van der Waals surface area (Å²) in [6.07, 6.45) is 3.26. The van der Waals surface area contributed by atoms with E-state index >= 15 is 0 Å². The van der Waals surface area contributed by atoms with Crippen LogP contribution in [0.5, 0.6) is 0 Å². The Morgan fingerprint density at radius 1 is 1.29 bits per heavy atom. The molecule has 0 spiro atoms. The molecule has 0 aromatic heterocycles. The Labute approximate surface area is 81.9 Å². The monoisotopic (exact) mass is 198 g/mol. The van der Waals surface area contributed by atoms with Crippen LogP contribution in [0.3, 0.4) is 0 Å². The lowest BCUT2D eigenvalue weighted by Gasteiger charge is -2.31. The van der Waals surface area contributed by atoms with Crippen molar-refractivity contribution in [2.24, 2.45) is 17.3 Å². The summed E-state index contributed by atoms with van der Waals surface area (Å²) in [5, 5.41) is 17.9. The van der Waals surface area contributed by atoms with Gasteiger partial charge < -0.3 is 10.2 Å². The summed E-state index contributed by atoms with van der Waals surface area (Å²) in [4.78, 5) is 21.9. The molecule has 2 N–H and O–H groups in total. The lowest BCUT2D eigenvalue weighted by atomic mass is 9.71. The first kappa shape index (κ1) is 9.49. The highest BCUT2D eigenvalue weighted by atomic mass is 16.4. The van der Waals surface area contributed by atoms with Crippen molar-refractivity contribution in [2.75, 3.05) is 0 Å². The van der Waals surface area contributed by atoms with E-state index < -0.39 is 17.4 Å². The van der Waals surface area contributed by atoms with E-state index in [1.807, 2.05) is 0 Å². The topological polar surface area (TPSA) is 74.6 Å². The summed E-state index contributed by atoms with van der Waals surface area (Å²) in [5.74, 6) is -1.34. The summed E-state index contributed by atoms with van der Waals surface area (Å²) in [7, 11) is 0. The SMILES string of the molecule is O=C(O)C[C@@]1(C(=O)O)C[C@H]2CC[C@H]1C2. The van der Waals surface area contributed by atoms with Gasteiger partial charge in [0.15, 0.2) is 0 Å². The highest BCUT2D eigenvalue weighted by Crippen LogP contribution is 2.57. The van der Waals surface area contributed by atoms with Crippen LogP contribution >= 0.6 is 0 Å². The number of fused-ring (bicyclic) bond motifs is 2. The van der Waals surface area contributed by atoms with E-state index in [1.54, 1.807) is 0 Å². The average Bonchev–Trinajstić information content (AvgIpc) is 2.61. The van der Waals surface area contributed by atoms with E-state index in [2.05, 4.69) is 0 Å². The number of hydrogen-bond donors (Lipinski definition) is 2. The Kier molecular flexibility index (Phi) is 2.01. The van der Waals surface area contributed by atoms with Gasteiger partial charge in [-0.05, 0) is 31.1 Å². The fourth-order valence-corrected chi connectivity index (χ4v) is 3.27. The fourth-order valence-electron chi connectivity index (χ4n) is 3.27. The predicted octanol–water partition coefficient (Wildman–Crippen LogP) is 1.35. The molecule has 14 heavy (non-hydrogen) atoms. The van der Waals surface area contributed by atoms with E-state index in [-0.39, 0.29) is 12.3 Å². The van der Waals surface area contributed by atoms with Gasteiger partial charge in [0.25, 0.3) is 0 Å². The lowest BCUT2D eigenvalue weighted by Crippen LogP contribution is -2.38. The van der Waals surface area contributed by atoms with Crippen LogP contribution in [0.2, 0.25) is 0 Å². The van der Waals surface area contributed by atoms with Crippen LogP contribution in [0.15, 0.2) is 0 Å². The first-order valence-electron chi connectivity index (χ1n) is 5.00. The van der Waals surface area contributed by atoms with Crippen LogP contribution in [0.4, 0.5) is 0 Å². The minimum absolute atomic E-state index is 0.0982. The Morgan fingerprint density at radius 3 is 2.36 bits per heavy atom. The van der Waals surface area contributed by atoms with Crippen molar-refractivity contribution in [3.05, 3.63) is 0 Å². The predicted molar refractivity (Wildman–Crippen MR) is 47.8 cm³/mol. The van der Waals surface area contributed by atoms with E-state index in [9.17, 15) is 14.7 Å². The number of hydrogen-bond acceptors (Lipinski definition) is 2. The Hall–Kier alpha value is -1.06. The third kappa shape index (κ3) is 1.21. The zero-order chi connectivity index (χ0) is 10.3. The van der Waals surface area contributed by atoms with Gasteiger partial charge in [-0.25, -0.2) is 0 Å². The zero-order valence-corrected chi connectivity index (χ0v) is 7.90. The number of aliphatic carboxylic acids is 2. The van der Waals surface area contributed by atoms with E-state index in [4.69, 9.17) is 5.11 Å². The third-order valence-electron chi connectivity index (χ3n) is 3.87. The third-order valence-corrected chi connectivity index (χ3v) is 3.87. The summed E-state index contributed by atoms with van der Waals surface area (Å²) >= 11 is 0. The minimum atomic E-state index is -0.986. The van der Waals surface area contributed by atoms with Crippen LogP contribution in [0.25, 0.3) is 0 Å². The lowest BCUT2D eigenvalue weighted by molar-refractivity contribution is -0.159. The van der Waals surface area contributed by atoms with Crippen molar-refractivity contribution >= 4 is 11.9 Å². The largest absolute Gasteiger partial charge is 0.481 e. The van der Waals surface area contributed by atoms with Gasteiger partial charge >= 0.3 is 11.9 Å². The van der Waals surface area contributed by atoms with E-state index in [1.165, 1.54) is 0 Å². The van der Waals surface area contributed by atoms with Gasteiger partial charge in [0.05, 0.1) is 11.8 Å². The number of carboxylic acids is 2. The molecule has 0 saturated heterocycles. The second kappa shape index (κ2) is 2.97. The molecule has 0 amide bonds. The maximum atomic E-state index is 11.2. The molecule has 2 aliphatic rings. The highest BCUT2D eigenvalue weighted by Gasteiger charge is 2.56. The average molecular weight is 198 g/mol. The number of carbonyl (C=O) groups is 2. The Balaban J connectivity index is 2.24. The molecular formula is C10H14O4. The standard InChI is InChI=1S/C10H14O4/c11-8(12)5-10(9(13)14)4-6-1-2-7(10)3-6/h6-7H,1-5H2,(H,11,12)(H,13,14)/t6-,7-,10-/m0/s1. The van der Waals surface area contributed by atoms with Crippen molar-refractivity contribution in [3.8, 4) is 0 Å².